The molecule has 1 fully saturated rings. The van der Waals surface area contributed by atoms with Crippen molar-refractivity contribution in [2.24, 2.45) is 5.92 Å². The number of hydrogen-bond donors (Lipinski definition) is 2. The number of aliphatic hydroxyl groups is 1. The SMILES string of the molecule is O=C(N[C@@H]1c2ccccc2C[C@@H]1O)C1CCC1. The highest BCUT2D eigenvalue weighted by Crippen LogP contribution is 2.33. The molecule has 3 rings (SSSR count). The molecule has 90 valence electrons. The van der Waals surface area contributed by atoms with E-state index in [-0.39, 0.29) is 17.9 Å². The van der Waals surface area contributed by atoms with Gasteiger partial charge >= 0.3 is 0 Å². The van der Waals surface area contributed by atoms with Crippen LogP contribution in [0.15, 0.2) is 24.3 Å². The zero-order valence-corrected chi connectivity index (χ0v) is 9.73. The van der Waals surface area contributed by atoms with E-state index in [0.29, 0.717) is 6.42 Å². The van der Waals surface area contributed by atoms with Crippen molar-refractivity contribution in [1.29, 1.82) is 0 Å². The van der Waals surface area contributed by atoms with Crippen LogP contribution in [0, 0.1) is 5.92 Å². The summed E-state index contributed by atoms with van der Waals surface area (Å²) >= 11 is 0. The smallest absolute Gasteiger partial charge is 0.223 e. The third-order valence-electron chi connectivity index (χ3n) is 3.98. The van der Waals surface area contributed by atoms with Crippen molar-refractivity contribution < 1.29 is 9.90 Å². The minimum absolute atomic E-state index is 0.108. The Morgan fingerprint density at radius 3 is 2.76 bits per heavy atom. The molecule has 2 aliphatic rings. The molecule has 0 aliphatic heterocycles. The summed E-state index contributed by atoms with van der Waals surface area (Å²) in [7, 11) is 0. The first-order chi connectivity index (χ1) is 8.25. The molecule has 0 unspecified atom stereocenters. The van der Waals surface area contributed by atoms with Gasteiger partial charge in [-0.1, -0.05) is 30.7 Å². The maximum Gasteiger partial charge on any atom is 0.223 e. The molecule has 2 atom stereocenters. The molecular weight excluding hydrogens is 214 g/mol. The molecule has 0 spiro atoms. The number of amides is 1. The highest BCUT2D eigenvalue weighted by molar-refractivity contribution is 5.80. The first kappa shape index (κ1) is 10.8. The number of benzene rings is 1. The summed E-state index contributed by atoms with van der Waals surface area (Å²) in [6.45, 7) is 0. The summed E-state index contributed by atoms with van der Waals surface area (Å²) < 4.78 is 0. The van der Waals surface area contributed by atoms with Crippen molar-refractivity contribution in [2.45, 2.75) is 37.8 Å². The summed E-state index contributed by atoms with van der Waals surface area (Å²) in [5.74, 6) is 0.284. The van der Waals surface area contributed by atoms with Crippen LogP contribution in [-0.2, 0) is 11.2 Å². The molecule has 17 heavy (non-hydrogen) atoms. The molecular formula is C14H17NO2. The van der Waals surface area contributed by atoms with E-state index in [9.17, 15) is 9.90 Å². The molecule has 0 radical (unpaired) electrons. The van der Waals surface area contributed by atoms with Crippen LogP contribution in [0.25, 0.3) is 0 Å². The Kier molecular flexibility index (Phi) is 2.63. The van der Waals surface area contributed by atoms with Crippen molar-refractivity contribution in [3.05, 3.63) is 35.4 Å². The lowest BCUT2D eigenvalue weighted by Gasteiger charge is -2.27. The molecule has 0 saturated heterocycles. The molecule has 0 heterocycles. The van der Waals surface area contributed by atoms with Gasteiger partial charge in [0.1, 0.15) is 0 Å². The lowest BCUT2D eigenvalue weighted by atomic mass is 9.84. The zero-order chi connectivity index (χ0) is 11.8. The minimum atomic E-state index is -0.476. The first-order valence-electron chi connectivity index (χ1n) is 6.32. The number of hydrogen-bond acceptors (Lipinski definition) is 2. The Hall–Kier alpha value is -1.35. The van der Waals surface area contributed by atoms with Crippen molar-refractivity contribution in [3.8, 4) is 0 Å². The summed E-state index contributed by atoms with van der Waals surface area (Å²) in [5.41, 5.74) is 2.23. The van der Waals surface area contributed by atoms with Gasteiger partial charge in [-0.05, 0) is 24.0 Å². The van der Waals surface area contributed by atoms with Gasteiger partial charge in [-0.25, -0.2) is 0 Å². The molecule has 1 saturated carbocycles. The summed E-state index contributed by atoms with van der Waals surface area (Å²) in [6, 6.07) is 7.74. The third kappa shape index (κ3) is 1.84. The quantitative estimate of drug-likeness (QED) is 0.811. The van der Waals surface area contributed by atoms with Crippen LogP contribution in [0.5, 0.6) is 0 Å². The number of carbonyl (C=O) groups is 1. The number of nitrogens with one attached hydrogen (secondary N) is 1. The van der Waals surface area contributed by atoms with E-state index in [4.69, 9.17) is 0 Å². The zero-order valence-electron chi connectivity index (χ0n) is 9.73. The Morgan fingerprint density at radius 1 is 1.29 bits per heavy atom. The van der Waals surface area contributed by atoms with Gasteiger partial charge in [-0.2, -0.15) is 0 Å². The predicted molar refractivity (Wildman–Crippen MR) is 64.4 cm³/mol. The van der Waals surface area contributed by atoms with E-state index in [1.807, 2.05) is 24.3 Å². The Labute approximate surface area is 101 Å². The maximum atomic E-state index is 11.9. The van der Waals surface area contributed by atoms with Crippen molar-refractivity contribution in [3.63, 3.8) is 0 Å². The van der Waals surface area contributed by atoms with E-state index in [0.717, 1.165) is 30.4 Å². The highest BCUT2D eigenvalue weighted by atomic mass is 16.3. The molecule has 2 N–H and O–H groups in total. The van der Waals surface area contributed by atoms with Crippen LogP contribution in [0.3, 0.4) is 0 Å². The van der Waals surface area contributed by atoms with Gasteiger partial charge < -0.3 is 10.4 Å². The van der Waals surface area contributed by atoms with Gasteiger partial charge in [-0.3, -0.25) is 4.79 Å². The van der Waals surface area contributed by atoms with Crippen LogP contribution in [0.4, 0.5) is 0 Å². The summed E-state index contributed by atoms with van der Waals surface area (Å²) in [4.78, 5) is 11.9. The van der Waals surface area contributed by atoms with Crippen LogP contribution in [-0.4, -0.2) is 17.1 Å². The Bertz CT molecular complexity index is 440. The van der Waals surface area contributed by atoms with Crippen molar-refractivity contribution >= 4 is 5.91 Å². The third-order valence-corrected chi connectivity index (χ3v) is 3.98. The molecule has 3 heteroatoms. The van der Waals surface area contributed by atoms with E-state index in [2.05, 4.69) is 5.32 Å². The topological polar surface area (TPSA) is 49.3 Å². The van der Waals surface area contributed by atoms with E-state index < -0.39 is 6.10 Å². The van der Waals surface area contributed by atoms with Crippen LogP contribution < -0.4 is 5.32 Å². The first-order valence-corrected chi connectivity index (χ1v) is 6.32. The molecule has 1 aromatic rings. The molecule has 2 aliphatic carbocycles. The second kappa shape index (κ2) is 4.15. The Balaban J connectivity index is 1.76. The van der Waals surface area contributed by atoms with Gasteiger partial charge in [0.2, 0.25) is 5.91 Å². The van der Waals surface area contributed by atoms with Crippen LogP contribution >= 0.6 is 0 Å². The second-order valence-electron chi connectivity index (χ2n) is 5.08. The standard InChI is InChI=1S/C14H17NO2/c16-12-8-10-4-1-2-7-11(10)13(12)15-14(17)9-5-3-6-9/h1-2,4,7,9,12-13,16H,3,5-6,8H2,(H,15,17)/t12-,13+/m0/s1. The minimum Gasteiger partial charge on any atom is -0.390 e. The average Bonchev–Trinajstić information content (AvgIpc) is 2.53. The number of rotatable bonds is 2. The number of carbonyl (C=O) groups excluding carboxylic acids is 1. The molecule has 0 aromatic heterocycles. The maximum absolute atomic E-state index is 11.9. The van der Waals surface area contributed by atoms with E-state index >= 15 is 0 Å². The van der Waals surface area contributed by atoms with E-state index in [1.54, 1.807) is 0 Å². The highest BCUT2D eigenvalue weighted by Gasteiger charge is 2.34. The molecule has 1 aromatic carbocycles. The van der Waals surface area contributed by atoms with Crippen molar-refractivity contribution in [1.82, 2.24) is 5.32 Å². The van der Waals surface area contributed by atoms with E-state index in [1.165, 1.54) is 0 Å². The van der Waals surface area contributed by atoms with Gasteiger partial charge in [-0.15, -0.1) is 0 Å². The summed E-state index contributed by atoms with van der Waals surface area (Å²) in [6.07, 6.45) is 3.32. The fourth-order valence-corrected chi connectivity index (χ4v) is 2.69. The molecule has 1 amide bonds. The van der Waals surface area contributed by atoms with Crippen molar-refractivity contribution in [2.75, 3.05) is 0 Å². The predicted octanol–water partition coefficient (Wildman–Crippen LogP) is 1.56. The fraction of sp³-hybridized carbons (Fsp3) is 0.500. The largest absolute Gasteiger partial charge is 0.390 e. The molecule has 3 nitrogen and oxygen atoms in total. The number of fused-ring (bicyclic) bond motifs is 1. The van der Waals surface area contributed by atoms with Gasteiger partial charge in [0.05, 0.1) is 12.1 Å². The van der Waals surface area contributed by atoms with Crippen LogP contribution in [0.1, 0.15) is 36.4 Å². The average molecular weight is 231 g/mol. The fourth-order valence-electron chi connectivity index (χ4n) is 2.69. The normalized spacial score (nSPS) is 27.4. The monoisotopic (exact) mass is 231 g/mol. The lowest BCUT2D eigenvalue weighted by molar-refractivity contribution is -0.128. The van der Waals surface area contributed by atoms with Gasteiger partial charge in [0.15, 0.2) is 0 Å². The Morgan fingerprint density at radius 2 is 2.06 bits per heavy atom. The summed E-state index contributed by atoms with van der Waals surface area (Å²) in [5, 5.41) is 13.0. The van der Waals surface area contributed by atoms with Gasteiger partial charge in [0, 0.05) is 12.3 Å². The van der Waals surface area contributed by atoms with Gasteiger partial charge in [0.25, 0.3) is 0 Å². The second-order valence-corrected chi connectivity index (χ2v) is 5.08. The number of aliphatic hydroxyl groups excluding tert-OH is 1. The molecule has 0 bridgehead atoms. The lowest BCUT2D eigenvalue weighted by Crippen LogP contribution is -2.39. The van der Waals surface area contributed by atoms with Crippen LogP contribution in [0.2, 0.25) is 0 Å².